The van der Waals surface area contributed by atoms with Gasteiger partial charge in [0.2, 0.25) is 0 Å². The molecule has 5 heteroatoms. The summed E-state index contributed by atoms with van der Waals surface area (Å²) in [7, 11) is 1.38. The van der Waals surface area contributed by atoms with Crippen molar-refractivity contribution in [2.45, 2.75) is 26.7 Å². The molecule has 1 aromatic heterocycles. The third kappa shape index (κ3) is 2.63. The molecule has 0 aliphatic heterocycles. The van der Waals surface area contributed by atoms with Gasteiger partial charge in [-0.15, -0.1) is 23.7 Å². The van der Waals surface area contributed by atoms with Crippen molar-refractivity contribution in [3.63, 3.8) is 0 Å². The van der Waals surface area contributed by atoms with Crippen molar-refractivity contribution in [3.05, 3.63) is 16.0 Å². The van der Waals surface area contributed by atoms with Crippen LogP contribution in [0.2, 0.25) is 0 Å². The van der Waals surface area contributed by atoms with Crippen LogP contribution in [0.5, 0.6) is 0 Å². The second-order valence-electron chi connectivity index (χ2n) is 2.94. The van der Waals surface area contributed by atoms with Crippen LogP contribution >= 0.6 is 23.7 Å². The monoisotopic (exact) mass is 249 g/mol. The summed E-state index contributed by atoms with van der Waals surface area (Å²) in [5, 5.41) is 0.575. The van der Waals surface area contributed by atoms with E-state index in [-0.39, 0.29) is 18.4 Å². The number of hydrogen-bond donors (Lipinski definition) is 1. The third-order valence-corrected chi connectivity index (χ3v) is 3.39. The molecule has 0 fully saturated rings. The Bertz CT molecular complexity index is 349. The van der Waals surface area contributed by atoms with Crippen LogP contribution in [0.15, 0.2) is 0 Å². The number of anilines is 1. The molecule has 0 aromatic carbocycles. The van der Waals surface area contributed by atoms with Gasteiger partial charge in [-0.3, -0.25) is 0 Å². The average molecular weight is 250 g/mol. The van der Waals surface area contributed by atoms with Gasteiger partial charge >= 0.3 is 5.97 Å². The molecule has 0 saturated heterocycles. The van der Waals surface area contributed by atoms with Gasteiger partial charge < -0.3 is 10.5 Å². The Balaban J connectivity index is 0.00000196. The molecule has 0 aliphatic rings. The number of aryl methyl sites for hydroxylation is 1. The van der Waals surface area contributed by atoms with Crippen LogP contribution in [0.1, 0.15) is 34.6 Å². The first-order chi connectivity index (χ1) is 6.65. The molecule has 2 N–H and O–H groups in total. The molecule has 0 atom stereocenters. The van der Waals surface area contributed by atoms with Gasteiger partial charge in [-0.1, -0.05) is 13.8 Å². The van der Waals surface area contributed by atoms with E-state index in [0.717, 1.165) is 18.4 Å². The fourth-order valence-corrected chi connectivity index (χ4v) is 2.61. The molecule has 15 heavy (non-hydrogen) atoms. The Morgan fingerprint density at radius 3 is 2.40 bits per heavy atom. The van der Waals surface area contributed by atoms with Gasteiger partial charge in [0.05, 0.1) is 12.7 Å². The fourth-order valence-electron chi connectivity index (χ4n) is 1.52. The van der Waals surface area contributed by atoms with E-state index in [4.69, 9.17) is 10.5 Å². The smallest absolute Gasteiger partial charge is 0.341 e. The van der Waals surface area contributed by atoms with E-state index in [1.54, 1.807) is 0 Å². The number of halogens is 1. The molecule has 1 heterocycles. The Morgan fingerprint density at radius 1 is 1.40 bits per heavy atom. The zero-order valence-corrected chi connectivity index (χ0v) is 10.8. The van der Waals surface area contributed by atoms with E-state index < -0.39 is 0 Å². The minimum Gasteiger partial charge on any atom is -0.465 e. The second kappa shape index (κ2) is 5.98. The minimum absolute atomic E-state index is 0. The topological polar surface area (TPSA) is 52.3 Å². The molecule has 1 aromatic rings. The van der Waals surface area contributed by atoms with Gasteiger partial charge in [0.25, 0.3) is 0 Å². The van der Waals surface area contributed by atoms with Gasteiger partial charge in [0.15, 0.2) is 0 Å². The van der Waals surface area contributed by atoms with Gasteiger partial charge in [-0.25, -0.2) is 4.79 Å². The van der Waals surface area contributed by atoms with E-state index in [1.807, 2.05) is 6.92 Å². The molecular weight excluding hydrogens is 234 g/mol. The first-order valence-corrected chi connectivity index (χ1v) is 5.45. The van der Waals surface area contributed by atoms with Crippen LogP contribution in [-0.2, 0) is 17.6 Å². The number of nitrogen functional groups attached to an aromatic ring is 1. The molecule has 86 valence electrons. The zero-order chi connectivity index (χ0) is 10.7. The lowest BCUT2D eigenvalue weighted by Crippen LogP contribution is -2.06. The third-order valence-electron chi connectivity index (χ3n) is 2.18. The number of ether oxygens (including phenoxy) is 1. The lowest BCUT2D eigenvalue weighted by Gasteiger charge is -2.02. The lowest BCUT2D eigenvalue weighted by molar-refractivity contribution is 0.0601. The first kappa shape index (κ1) is 14.3. The van der Waals surface area contributed by atoms with E-state index in [9.17, 15) is 4.79 Å². The summed E-state index contributed by atoms with van der Waals surface area (Å²) in [4.78, 5) is 12.6. The number of esters is 1. The highest BCUT2D eigenvalue weighted by atomic mass is 35.5. The van der Waals surface area contributed by atoms with Crippen LogP contribution < -0.4 is 5.73 Å². The Kier molecular flexibility index (Phi) is 5.68. The van der Waals surface area contributed by atoms with E-state index in [0.29, 0.717) is 10.6 Å². The Labute approximate surface area is 100 Å². The van der Waals surface area contributed by atoms with Gasteiger partial charge in [0.1, 0.15) is 5.00 Å². The minimum atomic E-state index is -0.324. The maximum atomic E-state index is 11.4. The standard InChI is InChI=1S/C10H15NO2S.ClH/c1-4-6-7(5-2)14-9(11)8(6)10(12)13-3;/h4-5,11H2,1-3H3;1H. The maximum Gasteiger partial charge on any atom is 0.341 e. The fraction of sp³-hybridized carbons (Fsp3) is 0.500. The second-order valence-corrected chi connectivity index (χ2v) is 4.08. The van der Waals surface area contributed by atoms with Crippen LogP contribution in [0.25, 0.3) is 0 Å². The molecule has 0 aliphatic carbocycles. The van der Waals surface area contributed by atoms with Crippen LogP contribution in [-0.4, -0.2) is 13.1 Å². The molecular formula is C10H16ClNO2S. The highest BCUT2D eigenvalue weighted by Crippen LogP contribution is 2.32. The molecule has 0 spiro atoms. The summed E-state index contributed by atoms with van der Waals surface area (Å²) in [6.45, 7) is 4.08. The van der Waals surface area contributed by atoms with Crippen LogP contribution in [0.4, 0.5) is 5.00 Å². The molecule has 1 rings (SSSR count). The predicted molar refractivity (Wildman–Crippen MR) is 66.1 cm³/mol. The van der Waals surface area contributed by atoms with Crippen molar-refractivity contribution in [2.75, 3.05) is 12.8 Å². The summed E-state index contributed by atoms with van der Waals surface area (Å²) < 4.78 is 4.71. The molecule has 0 unspecified atom stereocenters. The predicted octanol–water partition coefficient (Wildman–Crippen LogP) is 2.66. The maximum absolute atomic E-state index is 11.4. The molecule has 0 bridgehead atoms. The SMILES string of the molecule is CCc1sc(N)c(C(=O)OC)c1CC.Cl. The summed E-state index contributed by atoms with van der Waals surface area (Å²) in [6, 6.07) is 0. The quantitative estimate of drug-likeness (QED) is 0.838. The van der Waals surface area contributed by atoms with Gasteiger partial charge in [0, 0.05) is 4.88 Å². The number of rotatable bonds is 3. The number of nitrogens with two attached hydrogens (primary N) is 1. The summed E-state index contributed by atoms with van der Waals surface area (Å²) in [5.41, 5.74) is 7.40. The van der Waals surface area contributed by atoms with Crippen molar-refractivity contribution in [3.8, 4) is 0 Å². The first-order valence-electron chi connectivity index (χ1n) is 4.63. The van der Waals surface area contributed by atoms with Crippen molar-refractivity contribution < 1.29 is 9.53 Å². The Morgan fingerprint density at radius 2 is 2.00 bits per heavy atom. The largest absolute Gasteiger partial charge is 0.465 e. The van der Waals surface area contributed by atoms with Crippen molar-refractivity contribution in [2.24, 2.45) is 0 Å². The van der Waals surface area contributed by atoms with E-state index >= 15 is 0 Å². The van der Waals surface area contributed by atoms with Crippen LogP contribution in [0.3, 0.4) is 0 Å². The van der Waals surface area contributed by atoms with Gasteiger partial charge in [-0.2, -0.15) is 0 Å². The molecule has 0 radical (unpaired) electrons. The number of hydrogen-bond acceptors (Lipinski definition) is 4. The number of carbonyl (C=O) groups is 1. The van der Waals surface area contributed by atoms with Crippen molar-refractivity contribution >= 4 is 34.7 Å². The zero-order valence-electron chi connectivity index (χ0n) is 9.12. The van der Waals surface area contributed by atoms with Gasteiger partial charge in [-0.05, 0) is 18.4 Å². The molecule has 0 amide bonds. The normalized spacial score (nSPS) is 9.53. The molecule has 0 saturated carbocycles. The highest BCUT2D eigenvalue weighted by molar-refractivity contribution is 7.16. The van der Waals surface area contributed by atoms with Crippen LogP contribution in [0, 0.1) is 0 Å². The number of carbonyl (C=O) groups excluding carboxylic acids is 1. The average Bonchev–Trinajstić information content (AvgIpc) is 2.53. The highest BCUT2D eigenvalue weighted by Gasteiger charge is 2.20. The van der Waals surface area contributed by atoms with Crippen molar-refractivity contribution in [1.29, 1.82) is 0 Å². The summed E-state index contributed by atoms with van der Waals surface area (Å²) in [5.74, 6) is -0.324. The Hall–Kier alpha value is -0.740. The van der Waals surface area contributed by atoms with E-state index in [2.05, 4.69) is 6.92 Å². The van der Waals surface area contributed by atoms with E-state index in [1.165, 1.54) is 23.3 Å². The summed E-state index contributed by atoms with van der Waals surface area (Å²) in [6.07, 6.45) is 1.73. The van der Waals surface area contributed by atoms with Crippen molar-refractivity contribution in [1.82, 2.24) is 0 Å². The molecule has 3 nitrogen and oxygen atoms in total. The number of thiophene rings is 1. The lowest BCUT2D eigenvalue weighted by atomic mass is 10.1. The number of methoxy groups -OCH3 is 1. The summed E-state index contributed by atoms with van der Waals surface area (Å²) >= 11 is 1.49.